The van der Waals surface area contributed by atoms with E-state index in [0.717, 1.165) is 24.0 Å². The van der Waals surface area contributed by atoms with Gasteiger partial charge in [0, 0.05) is 19.6 Å². The van der Waals surface area contributed by atoms with E-state index in [1.54, 1.807) is 31.2 Å². The molecule has 30 heavy (non-hydrogen) atoms. The van der Waals surface area contributed by atoms with Gasteiger partial charge in [-0.15, -0.1) is 0 Å². The first-order chi connectivity index (χ1) is 14.2. The first-order valence-corrected chi connectivity index (χ1v) is 11.8. The standard InChI is InChI=1S/C23H29FN2O3S/c1-3-5-18-8-12-21(13-9-18)30(28,29)26-15-4-14-23(2,17-26)22(27)25-16-19-6-10-20(24)11-7-19/h6-13H,3-5,14-17H2,1-2H3,(H,25,27). The molecule has 1 amide bonds. The fourth-order valence-electron chi connectivity index (χ4n) is 3.85. The fraction of sp³-hybridized carbons (Fsp3) is 0.435. The molecule has 3 rings (SSSR count). The zero-order valence-corrected chi connectivity index (χ0v) is 18.3. The molecule has 5 nitrogen and oxygen atoms in total. The van der Waals surface area contributed by atoms with Crippen LogP contribution in [0.15, 0.2) is 53.4 Å². The molecule has 0 aromatic heterocycles. The lowest BCUT2D eigenvalue weighted by molar-refractivity contribution is -0.132. The Morgan fingerprint density at radius 1 is 1.10 bits per heavy atom. The molecule has 1 unspecified atom stereocenters. The number of aryl methyl sites for hydroxylation is 1. The minimum Gasteiger partial charge on any atom is -0.352 e. The second-order valence-corrected chi connectivity index (χ2v) is 10.1. The lowest BCUT2D eigenvalue weighted by Gasteiger charge is -2.38. The van der Waals surface area contributed by atoms with Crippen LogP contribution in [0.1, 0.15) is 44.2 Å². The van der Waals surface area contributed by atoms with E-state index < -0.39 is 15.4 Å². The molecule has 1 saturated heterocycles. The van der Waals surface area contributed by atoms with Crippen LogP contribution in [0.5, 0.6) is 0 Å². The lowest BCUT2D eigenvalue weighted by atomic mass is 9.82. The molecule has 1 N–H and O–H groups in total. The van der Waals surface area contributed by atoms with Crippen molar-refractivity contribution >= 4 is 15.9 Å². The smallest absolute Gasteiger partial charge is 0.243 e. The Morgan fingerprint density at radius 2 is 1.73 bits per heavy atom. The molecule has 2 aromatic rings. The highest BCUT2D eigenvalue weighted by molar-refractivity contribution is 7.89. The van der Waals surface area contributed by atoms with Crippen LogP contribution in [0.4, 0.5) is 4.39 Å². The summed E-state index contributed by atoms with van der Waals surface area (Å²) in [4.78, 5) is 13.1. The first kappa shape index (κ1) is 22.4. The van der Waals surface area contributed by atoms with Crippen molar-refractivity contribution in [1.29, 1.82) is 0 Å². The molecule has 1 atom stereocenters. The Labute approximate surface area is 178 Å². The largest absolute Gasteiger partial charge is 0.352 e. The monoisotopic (exact) mass is 432 g/mol. The Morgan fingerprint density at radius 3 is 2.37 bits per heavy atom. The van der Waals surface area contributed by atoms with E-state index in [9.17, 15) is 17.6 Å². The van der Waals surface area contributed by atoms with Gasteiger partial charge in [-0.1, -0.05) is 37.6 Å². The van der Waals surface area contributed by atoms with Crippen LogP contribution >= 0.6 is 0 Å². The first-order valence-electron chi connectivity index (χ1n) is 10.4. The molecule has 0 saturated carbocycles. The minimum absolute atomic E-state index is 0.140. The number of nitrogens with zero attached hydrogens (tertiary/aromatic N) is 1. The van der Waals surface area contributed by atoms with E-state index in [1.165, 1.54) is 16.4 Å². The zero-order valence-electron chi connectivity index (χ0n) is 17.5. The fourth-order valence-corrected chi connectivity index (χ4v) is 5.45. The van der Waals surface area contributed by atoms with Gasteiger partial charge in [-0.05, 0) is 61.6 Å². The Kier molecular flexibility index (Phi) is 6.93. The SMILES string of the molecule is CCCc1ccc(S(=O)(=O)N2CCCC(C)(C(=O)NCc3ccc(F)cc3)C2)cc1. The van der Waals surface area contributed by atoms with Gasteiger partial charge in [-0.3, -0.25) is 4.79 Å². The summed E-state index contributed by atoms with van der Waals surface area (Å²) < 4.78 is 40.7. The number of carbonyl (C=O) groups excluding carboxylic acids is 1. The highest BCUT2D eigenvalue weighted by Gasteiger charge is 2.41. The zero-order chi connectivity index (χ0) is 21.8. The summed E-state index contributed by atoms with van der Waals surface area (Å²) in [6.45, 7) is 4.71. The average molecular weight is 433 g/mol. The molecule has 0 radical (unpaired) electrons. The molecule has 1 fully saturated rings. The molecule has 0 spiro atoms. The second kappa shape index (κ2) is 9.27. The summed E-state index contributed by atoms with van der Waals surface area (Å²) in [7, 11) is -3.66. The van der Waals surface area contributed by atoms with Gasteiger partial charge < -0.3 is 5.32 Å². The molecule has 0 aliphatic carbocycles. The minimum atomic E-state index is -3.66. The van der Waals surface area contributed by atoms with Gasteiger partial charge >= 0.3 is 0 Å². The predicted molar refractivity (Wildman–Crippen MR) is 115 cm³/mol. The van der Waals surface area contributed by atoms with Gasteiger partial charge in [0.15, 0.2) is 0 Å². The van der Waals surface area contributed by atoms with Crippen LogP contribution in [-0.2, 0) is 27.8 Å². The molecule has 0 bridgehead atoms. The molecule has 2 aromatic carbocycles. The van der Waals surface area contributed by atoms with E-state index in [4.69, 9.17) is 0 Å². The van der Waals surface area contributed by atoms with Gasteiger partial charge in [-0.2, -0.15) is 4.31 Å². The summed E-state index contributed by atoms with van der Waals surface area (Å²) in [6.07, 6.45) is 3.15. The second-order valence-electron chi connectivity index (χ2n) is 8.21. The highest BCUT2D eigenvalue weighted by atomic mass is 32.2. The summed E-state index contributed by atoms with van der Waals surface area (Å²) in [5.41, 5.74) is 1.09. The topological polar surface area (TPSA) is 66.5 Å². The summed E-state index contributed by atoms with van der Waals surface area (Å²) in [6, 6.07) is 13.0. The molecular formula is C23H29FN2O3S. The number of hydrogen-bond donors (Lipinski definition) is 1. The predicted octanol–water partition coefficient (Wildman–Crippen LogP) is 3.89. The summed E-state index contributed by atoms with van der Waals surface area (Å²) in [5.74, 6) is -0.516. The van der Waals surface area contributed by atoms with E-state index >= 15 is 0 Å². The van der Waals surface area contributed by atoms with Crippen molar-refractivity contribution in [1.82, 2.24) is 9.62 Å². The van der Waals surface area contributed by atoms with Crippen molar-refractivity contribution < 1.29 is 17.6 Å². The molecule has 162 valence electrons. The normalized spacial score (nSPS) is 20.1. The van der Waals surface area contributed by atoms with Gasteiger partial charge in [-0.25, -0.2) is 12.8 Å². The van der Waals surface area contributed by atoms with Gasteiger partial charge in [0.25, 0.3) is 0 Å². The van der Waals surface area contributed by atoms with E-state index in [1.807, 2.05) is 12.1 Å². The Hall–Kier alpha value is -2.25. The lowest BCUT2D eigenvalue weighted by Crippen LogP contribution is -2.51. The number of amides is 1. The number of sulfonamides is 1. The maximum atomic E-state index is 13.1. The van der Waals surface area contributed by atoms with Crippen molar-refractivity contribution in [3.05, 3.63) is 65.5 Å². The third-order valence-corrected chi connectivity index (χ3v) is 7.54. The van der Waals surface area contributed by atoms with Crippen LogP contribution in [0.2, 0.25) is 0 Å². The van der Waals surface area contributed by atoms with E-state index in [2.05, 4.69) is 12.2 Å². The Bertz CT molecular complexity index is 975. The molecular weight excluding hydrogens is 403 g/mol. The van der Waals surface area contributed by atoms with Crippen molar-refractivity contribution in [2.75, 3.05) is 13.1 Å². The van der Waals surface area contributed by atoms with Crippen LogP contribution in [0.3, 0.4) is 0 Å². The van der Waals surface area contributed by atoms with Crippen LogP contribution in [0.25, 0.3) is 0 Å². The van der Waals surface area contributed by atoms with Crippen molar-refractivity contribution in [2.45, 2.75) is 51.0 Å². The van der Waals surface area contributed by atoms with Crippen molar-refractivity contribution in [2.24, 2.45) is 5.41 Å². The average Bonchev–Trinajstić information content (AvgIpc) is 2.74. The van der Waals surface area contributed by atoms with E-state index in [-0.39, 0.29) is 29.7 Å². The third-order valence-electron chi connectivity index (χ3n) is 5.68. The summed E-state index contributed by atoms with van der Waals surface area (Å²) >= 11 is 0. The molecule has 1 aliphatic heterocycles. The number of hydrogen-bond acceptors (Lipinski definition) is 3. The molecule has 1 aliphatic rings. The number of nitrogens with one attached hydrogen (secondary N) is 1. The molecule has 1 heterocycles. The van der Waals surface area contributed by atoms with Gasteiger partial charge in [0.05, 0.1) is 10.3 Å². The highest BCUT2D eigenvalue weighted by Crippen LogP contribution is 2.33. The van der Waals surface area contributed by atoms with Crippen LogP contribution < -0.4 is 5.32 Å². The maximum absolute atomic E-state index is 13.1. The van der Waals surface area contributed by atoms with Crippen molar-refractivity contribution in [3.8, 4) is 0 Å². The third kappa shape index (κ3) is 5.08. The van der Waals surface area contributed by atoms with Gasteiger partial charge in [0.1, 0.15) is 5.82 Å². The number of halogens is 1. The Balaban J connectivity index is 1.69. The quantitative estimate of drug-likeness (QED) is 0.722. The van der Waals surface area contributed by atoms with Crippen molar-refractivity contribution in [3.63, 3.8) is 0 Å². The number of benzene rings is 2. The van der Waals surface area contributed by atoms with Crippen LogP contribution in [-0.4, -0.2) is 31.7 Å². The number of rotatable bonds is 7. The summed E-state index contributed by atoms with van der Waals surface area (Å²) in [5, 5.41) is 2.88. The number of carbonyl (C=O) groups is 1. The van der Waals surface area contributed by atoms with Crippen LogP contribution in [0, 0.1) is 11.2 Å². The number of piperidine rings is 1. The molecule has 7 heteroatoms. The van der Waals surface area contributed by atoms with Gasteiger partial charge in [0.2, 0.25) is 15.9 Å². The maximum Gasteiger partial charge on any atom is 0.243 e. The van der Waals surface area contributed by atoms with E-state index in [0.29, 0.717) is 19.4 Å².